The summed E-state index contributed by atoms with van der Waals surface area (Å²) in [4.78, 5) is 0. The van der Waals surface area contributed by atoms with Gasteiger partial charge in [-0.1, -0.05) is 12.8 Å². The van der Waals surface area contributed by atoms with Crippen LogP contribution in [0.5, 0.6) is 0 Å². The van der Waals surface area contributed by atoms with Gasteiger partial charge in [0.25, 0.3) is 0 Å². The van der Waals surface area contributed by atoms with E-state index in [2.05, 4.69) is 4.74 Å². The topological polar surface area (TPSA) is 49.7 Å². The fraction of sp³-hybridized carbons (Fsp3) is 1.00. The molecule has 7 atom stereocenters. The first kappa shape index (κ1) is 17.9. The molecule has 1 aliphatic heterocycles. The molecule has 4 rings (SSSR count). The van der Waals surface area contributed by atoms with E-state index in [9.17, 15) is 23.4 Å². The maximum absolute atomic E-state index is 15.1. The molecular formula is C17H23F5O3. The molecule has 0 aromatic heterocycles. The Morgan fingerprint density at radius 3 is 2.08 bits per heavy atom. The van der Waals surface area contributed by atoms with Crippen molar-refractivity contribution in [3.05, 3.63) is 0 Å². The smallest absolute Gasteiger partial charge is 0.383 e. The average molecular weight is 370 g/mol. The third-order valence-corrected chi connectivity index (χ3v) is 7.41. The van der Waals surface area contributed by atoms with Crippen LogP contribution in [-0.4, -0.2) is 39.3 Å². The van der Waals surface area contributed by atoms with E-state index in [1.165, 1.54) is 13.8 Å². The molecule has 1 saturated heterocycles. The van der Waals surface area contributed by atoms with Crippen molar-refractivity contribution in [1.29, 1.82) is 0 Å². The van der Waals surface area contributed by atoms with Crippen LogP contribution in [-0.2, 0) is 4.74 Å². The van der Waals surface area contributed by atoms with Crippen molar-refractivity contribution in [3.63, 3.8) is 0 Å². The molecule has 0 aromatic rings. The molecule has 2 bridgehead atoms. The molecule has 0 aromatic carbocycles. The minimum absolute atomic E-state index is 0.139. The Kier molecular flexibility index (Phi) is 3.35. The Morgan fingerprint density at radius 2 is 1.52 bits per heavy atom. The number of alkyl halides is 5. The van der Waals surface area contributed by atoms with Crippen LogP contribution < -0.4 is 0 Å². The molecule has 3 aliphatic carbocycles. The Bertz CT molecular complexity index is 591. The van der Waals surface area contributed by atoms with Crippen LogP contribution in [0.3, 0.4) is 0 Å². The lowest BCUT2D eigenvalue weighted by Crippen LogP contribution is -2.81. The van der Waals surface area contributed by atoms with Gasteiger partial charge in [-0.3, -0.25) is 0 Å². The summed E-state index contributed by atoms with van der Waals surface area (Å²) in [6, 6.07) is 0. The number of fused-ring (bicyclic) bond motifs is 8. The van der Waals surface area contributed by atoms with Gasteiger partial charge in [0.15, 0.2) is 0 Å². The first-order valence-corrected chi connectivity index (χ1v) is 8.88. The van der Waals surface area contributed by atoms with Crippen LogP contribution in [0.15, 0.2) is 0 Å². The predicted molar refractivity (Wildman–Crippen MR) is 76.6 cm³/mol. The van der Waals surface area contributed by atoms with Crippen molar-refractivity contribution in [1.82, 2.24) is 0 Å². The minimum Gasteiger partial charge on any atom is -0.383 e. The standard InChI is InChI=1S/C17H23F5O3/c1-13(2)12-10-7-11(9-6-4-3-5-8(9)10)14(12,23)15(18,19)16(24,25-13)17(20,21)22/h8-12,23-24H,3-7H2,1-2H3. The van der Waals surface area contributed by atoms with E-state index < -0.39 is 40.9 Å². The van der Waals surface area contributed by atoms with E-state index >= 15 is 8.78 Å². The third-order valence-electron chi connectivity index (χ3n) is 7.41. The van der Waals surface area contributed by atoms with Crippen LogP contribution in [0.1, 0.15) is 46.0 Å². The number of hydrogen-bond donors (Lipinski definition) is 2. The second-order valence-corrected chi connectivity index (χ2v) is 8.84. The maximum atomic E-state index is 15.1. The summed E-state index contributed by atoms with van der Waals surface area (Å²) in [7, 11) is 0. The molecule has 3 saturated carbocycles. The van der Waals surface area contributed by atoms with Crippen molar-refractivity contribution in [2.75, 3.05) is 0 Å². The molecule has 0 radical (unpaired) electrons. The van der Waals surface area contributed by atoms with Crippen LogP contribution >= 0.6 is 0 Å². The fourth-order valence-corrected chi connectivity index (χ4v) is 6.80. The molecular weight excluding hydrogens is 347 g/mol. The van der Waals surface area contributed by atoms with Gasteiger partial charge in [-0.25, -0.2) is 0 Å². The number of hydrogen-bond acceptors (Lipinski definition) is 3. The molecule has 0 amide bonds. The van der Waals surface area contributed by atoms with E-state index in [1.807, 2.05) is 0 Å². The second kappa shape index (κ2) is 4.68. The number of ether oxygens (including phenoxy) is 1. The lowest BCUT2D eigenvalue weighted by atomic mass is 9.54. The van der Waals surface area contributed by atoms with Crippen LogP contribution in [0.25, 0.3) is 0 Å². The zero-order valence-corrected chi connectivity index (χ0v) is 14.1. The summed E-state index contributed by atoms with van der Waals surface area (Å²) in [6.07, 6.45) is -2.15. The van der Waals surface area contributed by atoms with Crippen LogP contribution in [0.4, 0.5) is 22.0 Å². The van der Waals surface area contributed by atoms with Gasteiger partial charge >= 0.3 is 17.9 Å². The minimum atomic E-state index is -5.72. The molecule has 7 unspecified atom stereocenters. The van der Waals surface area contributed by atoms with Crippen LogP contribution in [0, 0.1) is 29.6 Å². The van der Waals surface area contributed by atoms with Crippen molar-refractivity contribution in [3.8, 4) is 0 Å². The predicted octanol–water partition coefficient (Wildman–Crippen LogP) is 3.48. The van der Waals surface area contributed by atoms with E-state index in [0.717, 1.165) is 19.3 Å². The van der Waals surface area contributed by atoms with E-state index in [1.54, 1.807) is 0 Å². The number of rotatable bonds is 0. The average Bonchev–Trinajstić information content (AvgIpc) is 2.99. The summed E-state index contributed by atoms with van der Waals surface area (Å²) in [6.45, 7) is 2.54. The van der Waals surface area contributed by atoms with Gasteiger partial charge in [0.2, 0.25) is 0 Å². The largest absolute Gasteiger partial charge is 0.449 e. The van der Waals surface area contributed by atoms with Crippen molar-refractivity contribution >= 4 is 0 Å². The molecule has 4 fully saturated rings. The molecule has 1 heterocycles. The highest BCUT2D eigenvalue weighted by molar-refractivity contribution is 5.26. The summed E-state index contributed by atoms with van der Waals surface area (Å²) >= 11 is 0. The number of halogens is 5. The van der Waals surface area contributed by atoms with Gasteiger partial charge in [-0.15, -0.1) is 0 Å². The zero-order chi connectivity index (χ0) is 18.6. The van der Waals surface area contributed by atoms with E-state index in [-0.39, 0.29) is 24.2 Å². The van der Waals surface area contributed by atoms with Gasteiger partial charge < -0.3 is 14.9 Å². The Labute approximate surface area is 142 Å². The van der Waals surface area contributed by atoms with Crippen molar-refractivity contribution in [2.45, 2.75) is 75.0 Å². The van der Waals surface area contributed by atoms with Gasteiger partial charge in [0.1, 0.15) is 5.60 Å². The molecule has 4 aliphatic rings. The highest BCUT2D eigenvalue weighted by Crippen LogP contribution is 2.73. The van der Waals surface area contributed by atoms with Crippen molar-refractivity contribution in [2.24, 2.45) is 29.6 Å². The Morgan fingerprint density at radius 1 is 0.960 bits per heavy atom. The van der Waals surface area contributed by atoms with Gasteiger partial charge in [0, 0.05) is 5.92 Å². The second-order valence-electron chi connectivity index (χ2n) is 8.84. The van der Waals surface area contributed by atoms with E-state index in [4.69, 9.17) is 0 Å². The lowest BCUT2D eigenvalue weighted by molar-refractivity contribution is -0.512. The van der Waals surface area contributed by atoms with Gasteiger partial charge in [-0.2, -0.15) is 22.0 Å². The molecule has 25 heavy (non-hydrogen) atoms. The normalized spacial score (nSPS) is 53.4. The quantitative estimate of drug-likeness (QED) is 0.642. The van der Waals surface area contributed by atoms with Gasteiger partial charge in [-0.05, 0) is 56.8 Å². The summed E-state index contributed by atoms with van der Waals surface area (Å²) in [5.74, 6) is -12.0. The highest BCUT2D eigenvalue weighted by atomic mass is 19.4. The van der Waals surface area contributed by atoms with Gasteiger partial charge in [0.05, 0.1) is 5.60 Å². The molecule has 2 N–H and O–H groups in total. The summed E-state index contributed by atoms with van der Waals surface area (Å²) in [5, 5.41) is 21.1. The van der Waals surface area contributed by atoms with Crippen molar-refractivity contribution < 1.29 is 36.9 Å². The molecule has 8 heteroatoms. The molecule has 0 spiro atoms. The Balaban J connectivity index is 1.88. The first-order valence-electron chi connectivity index (χ1n) is 8.88. The first-order chi connectivity index (χ1) is 11.3. The number of aliphatic hydroxyl groups is 2. The molecule has 144 valence electrons. The summed E-state index contributed by atoms with van der Waals surface area (Å²) in [5.41, 5.74) is -4.63. The van der Waals surface area contributed by atoms with E-state index in [0.29, 0.717) is 6.42 Å². The summed E-state index contributed by atoms with van der Waals surface area (Å²) < 4.78 is 75.1. The zero-order valence-electron chi connectivity index (χ0n) is 14.1. The highest BCUT2D eigenvalue weighted by Gasteiger charge is 2.89. The maximum Gasteiger partial charge on any atom is 0.449 e. The molecule has 3 nitrogen and oxygen atoms in total. The SMILES string of the molecule is CC1(C)OC(O)(C(F)(F)F)C(F)(F)C2(O)C3CC(C4CCCCC43)C12. The van der Waals surface area contributed by atoms with Crippen LogP contribution in [0.2, 0.25) is 0 Å². The third kappa shape index (κ3) is 1.81. The lowest BCUT2D eigenvalue weighted by Gasteiger charge is -2.62. The Hall–Kier alpha value is -0.470. The fourth-order valence-electron chi connectivity index (χ4n) is 6.80. The monoisotopic (exact) mass is 370 g/mol.